The quantitative estimate of drug-likeness (QED) is 0.291. The number of nitrogens with zero attached hydrogens (tertiary/aromatic N) is 4. The van der Waals surface area contributed by atoms with Gasteiger partial charge in [0.25, 0.3) is 0 Å². The number of carbonyl (C=O) groups excluding carboxylic acids is 1. The highest BCUT2D eigenvalue weighted by molar-refractivity contribution is 5.69. The molecule has 0 spiro atoms. The second-order valence-electron chi connectivity index (χ2n) is 10.8. The molecule has 0 unspecified atom stereocenters. The smallest absolute Gasteiger partial charge is 0.463 e. The molecule has 0 bridgehead atoms. The standard InChI is InChI=1S/C30H32N4O6/c1-30(2,3)39-29(35)40-33-14-12-32(13-15-33)19-23-18-31-34(28(23)26-5-4-16-36-26)24-9-6-21(7-10-24)22-8-11-25-27(17-22)38-20-37-25/h4-11,16-18H,12-15,19-20H2,1-3H3. The molecule has 4 aromatic rings. The van der Waals surface area contributed by atoms with Crippen molar-refractivity contribution in [1.29, 1.82) is 0 Å². The zero-order valence-corrected chi connectivity index (χ0v) is 22.8. The Bertz CT molecular complexity index is 1470. The Labute approximate surface area is 232 Å². The van der Waals surface area contributed by atoms with E-state index in [1.807, 2.05) is 62.0 Å². The maximum absolute atomic E-state index is 12.0. The zero-order chi connectivity index (χ0) is 27.7. The summed E-state index contributed by atoms with van der Waals surface area (Å²) >= 11 is 0. The van der Waals surface area contributed by atoms with Crippen molar-refractivity contribution >= 4 is 6.16 Å². The second kappa shape index (κ2) is 10.7. The number of hydroxylamine groups is 2. The topological polar surface area (TPSA) is 91.4 Å². The van der Waals surface area contributed by atoms with E-state index in [1.165, 1.54) is 0 Å². The molecule has 2 aliphatic rings. The average molecular weight is 545 g/mol. The van der Waals surface area contributed by atoms with E-state index in [4.69, 9.17) is 28.6 Å². The van der Waals surface area contributed by atoms with Gasteiger partial charge in [0.2, 0.25) is 6.79 Å². The molecule has 2 aliphatic heterocycles. The predicted octanol–water partition coefficient (Wildman–Crippen LogP) is 5.51. The lowest BCUT2D eigenvalue weighted by Gasteiger charge is -2.33. The molecule has 6 rings (SSSR count). The molecule has 0 atom stereocenters. The van der Waals surface area contributed by atoms with Gasteiger partial charge >= 0.3 is 6.16 Å². The summed E-state index contributed by atoms with van der Waals surface area (Å²) < 4.78 is 24.0. The zero-order valence-electron chi connectivity index (χ0n) is 22.8. The first-order valence-corrected chi connectivity index (χ1v) is 13.3. The van der Waals surface area contributed by atoms with Gasteiger partial charge in [-0.3, -0.25) is 4.90 Å². The second-order valence-corrected chi connectivity index (χ2v) is 10.8. The lowest BCUT2D eigenvalue weighted by Crippen LogP contribution is -2.47. The SMILES string of the molecule is CC(C)(C)OC(=O)ON1CCN(Cc2cnn(-c3ccc(-c4ccc5c(c4)OCO5)cc3)c2-c2ccco2)CC1. The number of piperazine rings is 1. The van der Waals surface area contributed by atoms with Crippen molar-refractivity contribution in [3.63, 3.8) is 0 Å². The fraction of sp³-hybridized carbons (Fsp3) is 0.333. The van der Waals surface area contributed by atoms with Gasteiger partial charge < -0.3 is 23.5 Å². The predicted molar refractivity (Wildman–Crippen MR) is 147 cm³/mol. The van der Waals surface area contributed by atoms with Crippen molar-refractivity contribution in [3.8, 4) is 39.8 Å². The third kappa shape index (κ3) is 5.68. The lowest BCUT2D eigenvalue weighted by molar-refractivity contribution is -0.158. The molecule has 10 heteroatoms. The molecular weight excluding hydrogens is 512 g/mol. The van der Waals surface area contributed by atoms with Crippen molar-refractivity contribution in [2.75, 3.05) is 33.0 Å². The molecule has 0 saturated carbocycles. The van der Waals surface area contributed by atoms with Crippen LogP contribution in [0.15, 0.2) is 71.5 Å². The normalized spacial score (nSPS) is 15.8. The molecule has 2 aromatic heterocycles. The highest BCUT2D eigenvalue weighted by Gasteiger charge is 2.26. The number of furan rings is 1. The molecule has 40 heavy (non-hydrogen) atoms. The Hall–Kier alpha value is -4.28. The summed E-state index contributed by atoms with van der Waals surface area (Å²) in [5, 5.41) is 6.40. The minimum absolute atomic E-state index is 0.254. The van der Waals surface area contributed by atoms with Gasteiger partial charge in [-0.1, -0.05) is 18.2 Å². The third-order valence-corrected chi connectivity index (χ3v) is 6.74. The van der Waals surface area contributed by atoms with Crippen LogP contribution < -0.4 is 9.47 Å². The van der Waals surface area contributed by atoms with Gasteiger partial charge in [-0.2, -0.15) is 5.10 Å². The Kier molecular flexibility index (Phi) is 6.95. The maximum atomic E-state index is 12.0. The molecule has 0 N–H and O–H groups in total. The van der Waals surface area contributed by atoms with E-state index in [-0.39, 0.29) is 6.79 Å². The van der Waals surface area contributed by atoms with Crippen molar-refractivity contribution in [1.82, 2.24) is 19.7 Å². The first-order valence-electron chi connectivity index (χ1n) is 13.3. The van der Waals surface area contributed by atoms with Gasteiger partial charge in [0.05, 0.1) is 18.1 Å². The summed E-state index contributed by atoms with van der Waals surface area (Å²) in [6, 6.07) is 18.0. The van der Waals surface area contributed by atoms with Crippen molar-refractivity contribution in [2.24, 2.45) is 0 Å². The van der Waals surface area contributed by atoms with Crippen molar-refractivity contribution in [3.05, 3.63) is 72.6 Å². The van der Waals surface area contributed by atoms with Crippen LogP contribution in [0.5, 0.6) is 11.5 Å². The number of rotatable bonds is 6. The van der Waals surface area contributed by atoms with Crippen LogP contribution in [0.25, 0.3) is 28.3 Å². The number of hydrogen-bond acceptors (Lipinski definition) is 9. The van der Waals surface area contributed by atoms with Gasteiger partial charge in [0, 0.05) is 38.3 Å². The summed E-state index contributed by atoms with van der Waals surface area (Å²) in [7, 11) is 0. The molecule has 1 fully saturated rings. The third-order valence-electron chi connectivity index (χ3n) is 6.74. The summed E-state index contributed by atoms with van der Waals surface area (Å²) in [5.74, 6) is 2.28. The fourth-order valence-electron chi connectivity index (χ4n) is 4.83. The maximum Gasteiger partial charge on any atom is 0.528 e. The van der Waals surface area contributed by atoms with Gasteiger partial charge in [-0.15, -0.1) is 5.06 Å². The van der Waals surface area contributed by atoms with Crippen LogP contribution in [-0.2, 0) is 16.1 Å². The van der Waals surface area contributed by atoms with Crippen LogP contribution in [-0.4, -0.2) is 64.5 Å². The van der Waals surface area contributed by atoms with Gasteiger partial charge in [-0.25, -0.2) is 9.48 Å². The average Bonchev–Trinajstić information content (AvgIpc) is 3.69. The first kappa shape index (κ1) is 26.0. The Morgan fingerprint density at radius 3 is 2.42 bits per heavy atom. The van der Waals surface area contributed by atoms with E-state index < -0.39 is 11.8 Å². The van der Waals surface area contributed by atoms with Crippen molar-refractivity contribution in [2.45, 2.75) is 32.9 Å². The molecule has 1 saturated heterocycles. The number of aromatic nitrogens is 2. The molecule has 208 valence electrons. The largest absolute Gasteiger partial charge is 0.528 e. The summed E-state index contributed by atoms with van der Waals surface area (Å²) in [6.07, 6.45) is 2.89. The summed E-state index contributed by atoms with van der Waals surface area (Å²) in [5.41, 5.74) is 4.42. The minimum atomic E-state index is -0.674. The molecule has 2 aromatic carbocycles. The van der Waals surface area contributed by atoms with Crippen LogP contribution >= 0.6 is 0 Å². The van der Waals surface area contributed by atoms with E-state index in [0.717, 1.165) is 58.4 Å². The van der Waals surface area contributed by atoms with Crippen LogP contribution in [0.1, 0.15) is 26.3 Å². The van der Waals surface area contributed by atoms with E-state index in [2.05, 4.69) is 29.2 Å². The number of benzene rings is 2. The molecule has 0 radical (unpaired) electrons. The number of carbonyl (C=O) groups is 1. The molecule has 4 heterocycles. The highest BCUT2D eigenvalue weighted by Crippen LogP contribution is 2.36. The first-order chi connectivity index (χ1) is 19.3. The van der Waals surface area contributed by atoms with E-state index in [1.54, 1.807) is 11.3 Å². The van der Waals surface area contributed by atoms with Crippen molar-refractivity contribution < 1.29 is 28.3 Å². The number of fused-ring (bicyclic) bond motifs is 1. The van der Waals surface area contributed by atoms with Crippen LogP contribution in [0.3, 0.4) is 0 Å². The van der Waals surface area contributed by atoms with E-state index in [0.29, 0.717) is 19.6 Å². The highest BCUT2D eigenvalue weighted by atomic mass is 16.8. The summed E-state index contributed by atoms with van der Waals surface area (Å²) in [4.78, 5) is 19.7. The van der Waals surface area contributed by atoms with Crippen LogP contribution in [0, 0.1) is 0 Å². The van der Waals surface area contributed by atoms with E-state index in [9.17, 15) is 4.79 Å². The van der Waals surface area contributed by atoms with Crippen LogP contribution in [0.2, 0.25) is 0 Å². The molecule has 0 aliphatic carbocycles. The summed E-state index contributed by atoms with van der Waals surface area (Å²) in [6.45, 7) is 9.03. The molecule has 10 nitrogen and oxygen atoms in total. The Morgan fingerprint density at radius 2 is 1.70 bits per heavy atom. The van der Waals surface area contributed by atoms with E-state index >= 15 is 0 Å². The van der Waals surface area contributed by atoms with Gasteiger partial charge in [0.15, 0.2) is 17.3 Å². The molecule has 0 amide bonds. The van der Waals surface area contributed by atoms with Crippen LogP contribution in [0.4, 0.5) is 4.79 Å². The Morgan fingerprint density at radius 1 is 0.950 bits per heavy atom. The number of ether oxygens (including phenoxy) is 3. The monoisotopic (exact) mass is 544 g/mol. The van der Waals surface area contributed by atoms with Gasteiger partial charge in [-0.05, 0) is 68.3 Å². The number of hydrogen-bond donors (Lipinski definition) is 0. The minimum Gasteiger partial charge on any atom is -0.463 e. The Balaban J connectivity index is 1.17. The molecular formula is C30H32N4O6. The van der Waals surface area contributed by atoms with Gasteiger partial charge in [0.1, 0.15) is 11.3 Å². The lowest BCUT2D eigenvalue weighted by atomic mass is 10.0. The fourth-order valence-corrected chi connectivity index (χ4v) is 4.83.